The number of rotatable bonds is 2. The quantitative estimate of drug-likeness (QED) is 0.702. The van der Waals surface area contributed by atoms with Gasteiger partial charge in [-0.25, -0.2) is 0 Å². The standard InChI is InChI=1S/C10H8BClF3N2.K/c1-17-5-4-10(16-17)7-2-3-9(12)8(6-7)11(13,14)15;/h2-6H,1H3;/q-1;+1. The summed E-state index contributed by atoms with van der Waals surface area (Å²) < 4.78 is 39.6. The van der Waals surface area contributed by atoms with Gasteiger partial charge in [0.25, 0.3) is 0 Å². The van der Waals surface area contributed by atoms with Crippen molar-refractivity contribution in [3.05, 3.63) is 35.5 Å². The Labute approximate surface area is 150 Å². The SMILES string of the molecule is Cn1ccc(-c2ccc(Cl)c([B-](F)(F)F)c2)n1.[K+]. The molecule has 0 N–H and O–H groups in total. The fraction of sp³-hybridized carbons (Fsp3) is 0.100. The normalized spacial score (nSPS) is 11.2. The molecule has 0 saturated heterocycles. The summed E-state index contributed by atoms with van der Waals surface area (Å²) in [6, 6.07) is 5.45. The number of hydrogen-bond donors (Lipinski definition) is 0. The van der Waals surface area contributed by atoms with Crippen LogP contribution in [0.2, 0.25) is 5.02 Å². The Kier molecular flexibility index (Phi) is 5.52. The maximum Gasteiger partial charge on any atom is 1.00 e. The minimum atomic E-state index is -5.11. The zero-order chi connectivity index (χ0) is 12.6. The molecule has 0 aliphatic heterocycles. The van der Waals surface area contributed by atoms with Crippen LogP contribution in [-0.2, 0) is 7.05 Å². The van der Waals surface area contributed by atoms with Gasteiger partial charge in [0.15, 0.2) is 0 Å². The molecule has 1 heterocycles. The van der Waals surface area contributed by atoms with E-state index in [9.17, 15) is 12.9 Å². The van der Waals surface area contributed by atoms with Crippen LogP contribution in [0.5, 0.6) is 0 Å². The zero-order valence-electron chi connectivity index (χ0n) is 9.87. The molecule has 1 aromatic heterocycles. The van der Waals surface area contributed by atoms with Crippen LogP contribution in [0.4, 0.5) is 12.9 Å². The van der Waals surface area contributed by atoms with Crippen LogP contribution >= 0.6 is 11.6 Å². The van der Waals surface area contributed by atoms with Gasteiger partial charge in [-0.05, 0) is 17.7 Å². The Morgan fingerprint density at radius 3 is 2.39 bits per heavy atom. The first-order valence-corrected chi connectivity index (χ1v) is 5.25. The molecule has 0 aliphatic carbocycles. The fourth-order valence-corrected chi connectivity index (χ4v) is 1.76. The van der Waals surface area contributed by atoms with Crippen molar-refractivity contribution in [3.63, 3.8) is 0 Å². The van der Waals surface area contributed by atoms with Crippen LogP contribution in [0, 0.1) is 0 Å². The summed E-state index contributed by atoms with van der Waals surface area (Å²) in [6.07, 6.45) is 1.67. The molecule has 0 spiro atoms. The molecule has 1 aromatic carbocycles. The second kappa shape index (κ2) is 6.11. The van der Waals surface area contributed by atoms with Crippen molar-refractivity contribution in [3.8, 4) is 11.3 Å². The molecular weight excluding hydrogens is 290 g/mol. The Hall–Kier alpha value is 0.211. The van der Waals surface area contributed by atoms with E-state index in [1.165, 1.54) is 16.8 Å². The first-order chi connectivity index (χ1) is 7.88. The Morgan fingerprint density at radius 2 is 1.89 bits per heavy atom. The Bertz CT molecular complexity index is 556. The molecule has 18 heavy (non-hydrogen) atoms. The molecular formula is C10H8BClF3KN2. The van der Waals surface area contributed by atoms with Crippen molar-refractivity contribution in [2.75, 3.05) is 0 Å². The number of aromatic nitrogens is 2. The molecule has 0 aliphatic rings. The summed E-state index contributed by atoms with van der Waals surface area (Å²) in [6.45, 7) is -5.11. The fourth-order valence-electron chi connectivity index (χ4n) is 1.52. The largest absolute Gasteiger partial charge is 1.00 e. The van der Waals surface area contributed by atoms with Crippen LogP contribution < -0.4 is 56.8 Å². The molecule has 0 bridgehead atoms. The molecule has 0 amide bonds. The number of halogens is 4. The van der Waals surface area contributed by atoms with Crippen LogP contribution in [0.3, 0.4) is 0 Å². The smallest absolute Gasteiger partial charge is 0.445 e. The average molecular weight is 299 g/mol. The van der Waals surface area contributed by atoms with Gasteiger partial charge in [0.2, 0.25) is 0 Å². The van der Waals surface area contributed by atoms with Gasteiger partial charge >= 0.3 is 58.4 Å². The zero-order valence-corrected chi connectivity index (χ0v) is 13.7. The minimum Gasteiger partial charge on any atom is -0.445 e. The van der Waals surface area contributed by atoms with Crippen molar-refractivity contribution < 1.29 is 64.3 Å². The summed E-state index contributed by atoms with van der Waals surface area (Å²) in [4.78, 5) is 0. The van der Waals surface area contributed by atoms with E-state index >= 15 is 0 Å². The van der Waals surface area contributed by atoms with E-state index in [1.807, 2.05) is 0 Å². The summed E-state index contributed by atoms with van der Waals surface area (Å²) >= 11 is 5.54. The van der Waals surface area contributed by atoms with Crippen molar-refractivity contribution in [1.82, 2.24) is 9.78 Å². The van der Waals surface area contributed by atoms with Gasteiger partial charge in [-0.1, -0.05) is 29.2 Å². The van der Waals surface area contributed by atoms with E-state index in [1.54, 1.807) is 19.3 Å². The predicted molar refractivity (Wildman–Crippen MR) is 62.4 cm³/mol. The van der Waals surface area contributed by atoms with E-state index < -0.39 is 12.4 Å². The molecule has 2 rings (SSSR count). The maximum absolute atomic E-state index is 12.7. The molecule has 8 heteroatoms. The summed E-state index contributed by atoms with van der Waals surface area (Å²) in [5.41, 5.74) is 0.115. The third-order valence-corrected chi connectivity index (χ3v) is 2.70. The van der Waals surface area contributed by atoms with Crippen LogP contribution in [-0.4, -0.2) is 16.8 Å². The van der Waals surface area contributed by atoms with E-state index in [0.29, 0.717) is 11.3 Å². The Morgan fingerprint density at radius 1 is 1.22 bits per heavy atom. The third-order valence-electron chi connectivity index (χ3n) is 2.36. The van der Waals surface area contributed by atoms with Crippen LogP contribution in [0.25, 0.3) is 11.3 Å². The number of hydrogen-bond acceptors (Lipinski definition) is 1. The number of nitrogens with zero attached hydrogens (tertiary/aromatic N) is 2. The maximum atomic E-state index is 12.7. The van der Waals surface area contributed by atoms with Crippen molar-refractivity contribution in [2.45, 2.75) is 0 Å². The van der Waals surface area contributed by atoms with Gasteiger partial charge in [0, 0.05) is 18.3 Å². The molecule has 2 nitrogen and oxygen atoms in total. The first kappa shape index (κ1) is 16.3. The topological polar surface area (TPSA) is 17.8 Å². The summed E-state index contributed by atoms with van der Waals surface area (Å²) in [7, 11) is 1.70. The molecule has 2 aromatic rings. The van der Waals surface area contributed by atoms with Crippen LogP contribution in [0.15, 0.2) is 30.5 Å². The number of aryl methyl sites for hydroxylation is 1. The average Bonchev–Trinajstić information content (AvgIpc) is 2.64. The second-order valence-corrected chi connectivity index (χ2v) is 4.09. The van der Waals surface area contributed by atoms with Gasteiger partial charge in [0.1, 0.15) is 0 Å². The third kappa shape index (κ3) is 3.62. The van der Waals surface area contributed by atoms with Crippen molar-refractivity contribution >= 4 is 24.0 Å². The molecule has 0 radical (unpaired) electrons. The molecule has 0 unspecified atom stereocenters. The number of benzene rings is 1. The molecule has 0 fully saturated rings. The van der Waals surface area contributed by atoms with E-state index in [-0.39, 0.29) is 56.4 Å². The van der Waals surface area contributed by atoms with Gasteiger partial charge in [-0.15, -0.1) is 0 Å². The minimum absolute atomic E-state index is 0. The van der Waals surface area contributed by atoms with Gasteiger partial charge in [-0.3, -0.25) is 4.68 Å². The Balaban J connectivity index is 0.00000162. The monoisotopic (exact) mass is 298 g/mol. The van der Waals surface area contributed by atoms with E-state index in [0.717, 1.165) is 6.07 Å². The van der Waals surface area contributed by atoms with E-state index in [4.69, 9.17) is 11.6 Å². The van der Waals surface area contributed by atoms with Crippen molar-refractivity contribution in [2.24, 2.45) is 7.05 Å². The van der Waals surface area contributed by atoms with Gasteiger partial charge in [-0.2, -0.15) is 5.10 Å². The van der Waals surface area contributed by atoms with Crippen molar-refractivity contribution in [1.29, 1.82) is 0 Å². The summed E-state index contributed by atoms with van der Waals surface area (Å²) in [5.74, 6) is 0. The molecule has 90 valence electrons. The molecule has 0 atom stereocenters. The molecule has 0 saturated carbocycles. The second-order valence-electron chi connectivity index (χ2n) is 3.69. The van der Waals surface area contributed by atoms with Gasteiger partial charge < -0.3 is 12.9 Å². The first-order valence-electron chi connectivity index (χ1n) is 4.87. The summed E-state index contributed by atoms with van der Waals surface area (Å²) in [5, 5.41) is 3.77. The van der Waals surface area contributed by atoms with Crippen LogP contribution in [0.1, 0.15) is 0 Å². The van der Waals surface area contributed by atoms with Gasteiger partial charge in [0.05, 0.1) is 5.69 Å². The predicted octanol–water partition coefficient (Wildman–Crippen LogP) is -0.201. The van der Waals surface area contributed by atoms with E-state index in [2.05, 4.69) is 5.10 Å².